The van der Waals surface area contributed by atoms with Crippen LogP contribution in [-0.2, 0) is 4.79 Å². The molecule has 1 aromatic carbocycles. The first-order chi connectivity index (χ1) is 9.82. The molecule has 0 aliphatic heterocycles. The van der Waals surface area contributed by atoms with Gasteiger partial charge < -0.3 is 15.7 Å². The molecule has 2 amide bonds. The molecule has 5 heteroatoms. The van der Waals surface area contributed by atoms with E-state index in [4.69, 9.17) is 5.11 Å². The minimum absolute atomic E-state index is 0.0870. The highest BCUT2D eigenvalue weighted by Crippen LogP contribution is 2.32. The van der Waals surface area contributed by atoms with Crippen LogP contribution in [0.3, 0.4) is 0 Å². The fourth-order valence-corrected chi connectivity index (χ4v) is 2.14. The van der Waals surface area contributed by atoms with Crippen molar-refractivity contribution in [1.82, 2.24) is 5.32 Å². The monoisotopic (exact) mass is 292 g/mol. The number of benzene rings is 1. The van der Waals surface area contributed by atoms with Crippen LogP contribution < -0.4 is 10.6 Å². The largest absolute Gasteiger partial charge is 0.481 e. The maximum atomic E-state index is 11.9. The van der Waals surface area contributed by atoms with Crippen molar-refractivity contribution in [2.45, 2.75) is 46.0 Å². The molecule has 0 unspecified atom stereocenters. The Morgan fingerprint density at radius 1 is 1.10 bits per heavy atom. The minimum Gasteiger partial charge on any atom is -0.481 e. The molecule has 1 rings (SSSR count). The molecule has 116 valence electrons. The predicted molar refractivity (Wildman–Crippen MR) is 83.9 cm³/mol. The standard InChI is InChI=1S/C16H24N2O3/c1-10(2)12-6-5-7-13(11(3)4)15(12)18-16(21)17-9-8-14(19)20/h5-7,10-11H,8-9H2,1-4H3,(H,19,20)(H2,17,18,21). The molecule has 1 aromatic rings. The van der Waals surface area contributed by atoms with Crippen molar-refractivity contribution >= 4 is 17.7 Å². The van der Waals surface area contributed by atoms with E-state index in [2.05, 4.69) is 38.3 Å². The Hall–Kier alpha value is -2.04. The summed E-state index contributed by atoms with van der Waals surface area (Å²) in [5.41, 5.74) is 2.99. The minimum atomic E-state index is -0.930. The van der Waals surface area contributed by atoms with Crippen LogP contribution in [0.5, 0.6) is 0 Å². The highest BCUT2D eigenvalue weighted by molar-refractivity contribution is 5.91. The van der Waals surface area contributed by atoms with Crippen LogP contribution in [0.2, 0.25) is 0 Å². The van der Waals surface area contributed by atoms with Gasteiger partial charge in [0, 0.05) is 12.2 Å². The Balaban J connectivity index is 2.89. The second-order valence-corrected chi connectivity index (χ2v) is 5.65. The molecule has 0 radical (unpaired) electrons. The van der Waals surface area contributed by atoms with E-state index in [-0.39, 0.29) is 30.8 Å². The molecule has 0 aliphatic carbocycles. The quantitative estimate of drug-likeness (QED) is 0.750. The lowest BCUT2D eigenvalue weighted by Crippen LogP contribution is -2.31. The van der Waals surface area contributed by atoms with Crippen LogP contribution >= 0.6 is 0 Å². The number of urea groups is 1. The number of nitrogens with one attached hydrogen (secondary N) is 2. The van der Waals surface area contributed by atoms with E-state index < -0.39 is 5.97 Å². The number of hydrogen-bond acceptors (Lipinski definition) is 2. The van der Waals surface area contributed by atoms with E-state index in [1.165, 1.54) is 0 Å². The Labute approximate surface area is 125 Å². The first kappa shape index (κ1) is 17.0. The van der Waals surface area contributed by atoms with E-state index in [1.807, 2.05) is 18.2 Å². The lowest BCUT2D eigenvalue weighted by atomic mass is 9.93. The van der Waals surface area contributed by atoms with Gasteiger partial charge in [-0.3, -0.25) is 4.79 Å². The molecule has 0 saturated heterocycles. The van der Waals surface area contributed by atoms with Gasteiger partial charge in [-0.1, -0.05) is 45.9 Å². The molecule has 0 aliphatic rings. The van der Waals surface area contributed by atoms with E-state index in [0.29, 0.717) is 0 Å². The van der Waals surface area contributed by atoms with Gasteiger partial charge in [-0.15, -0.1) is 0 Å². The average Bonchev–Trinajstić information content (AvgIpc) is 2.37. The third-order valence-electron chi connectivity index (χ3n) is 3.24. The second kappa shape index (κ2) is 7.67. The molecule has 3 N–H and O–H groups in total. The summed E-state index contributed by atoms with van der Waals surface area (Å²) >= 11 is 0. The summed E-state index contributed by atoms with van der Waals surface area (Å²) in [7, 11) is 0. The van der Waals surface area contributed by atoms with Crippen molar-refractivity contribution in [2.24, 2.45) is 0 Å². The Morgan fingerprint density at radius 3 is 2.05 bits per heavy atom. The SMILES string of the molecule is CC(C)c1cccc(C(C)C)c1NC(=O)NCCC(=O)O. The summed E-state index contributed by atoms with van der Waals surface area (Å²) in [6.07, 6.45) is -0.0870. The Bertz CT molecular complexity index is 484. The summed E-state index contributed by atoms with van der Waals surface area (Å²) in [5, 5.41) is 14.0. The zero-order chi connectivity index (χ0) is 16.0. The molecule has 0 atom stereocenters. The third kappa shape index (κ3) is 5.10. The van der Waals surface area contributed by atoms with Gasteiger partial charge in [0.2, 0.25) is 0 Å². The van der Waals surface area contributed by atoms with Gasteiger partial charge in [0.05, 0.1) is 6.42 Å². The van der Waals surface area contributed by atoms with Crippen LogP contribution in [0.1, 0.15) is 57.1 Å². The average molecular weight is 292 g/mol. The van der Waals surface area contributed by atoms with Gasteiger partial charge in [-0.2, -0.15) is 0 Å². The number of amides is 2. The number of aliphatic carboxylic acids is 1. The van der Waals surface area contributed by atoms with Gasteiger partial charge >= 0.3 is 12.0 Å². The zero-order valence-electron chi connectivity index (χ0n) is 13.1. The number of carbonyl (C=O) groups excluding carboxylic acids is 1. The summed E-state index contributed by atoms with van der Waals surface area (Å²) in [6.45, 7) is 8.42. The molecular formula is C16H24N2O3. The number of hydrogen-bond donors (Lipinski definition) is 3. The van der Waals surface area contributed by atoms with Gasteiger partial charge in [0.15, 0.2) is 0 Å². The first-order valence-electron chi connectivity index (χ1n) is 7.22. The zero-order valence-corrected chi connectivity index (χ0v) is 13.1. The number of carbonyl (C=O) groups is 2. The maximum absolute atomic E-state index is 11.9. The van der Waals surface area contributed by atoms with Crippen molar-refractivity contribution in [3.05, 3.63) is 29.3 Å². The van der Waals surface area contributed by atoms with E-state index >= 15 is 0 Å². The number of para-hydroxylation sites is 1. The summed E-state index contributed by atoms with van der Waals surface area (Å²) in [6, 6.07) is 5.64. The lowest BCUT2D eigenvalue weighted by molar-refractivity contribution is -0.136. The van der Waals surface area contributed by atoms with Crippen molar-refractivity contribution in [2.75, 3.05) is 11.9 Å². The van der Waals surface area contributed by atoms with Crippen LogP contribution in [0.25, 0.3) is 0 Å². The summed E-state index contributed by atoms with van der Waals surface area (Å²) < 4.78 is 0. The fraction of sp³-hybridized carbons (Fsp3) is 0.500. The molecule has 0 aromatic heterocycles. The van der Waals surface area contributed by atoms with E-state index in [9.17, 15) is 9.59 Å². The van der Waals surface area contributed by atoms with E-state index in [0.717, 1.165) is 16.8 Å². The van der Waals surface area contributed by atoms with Gasteiger partial charge in [-0.05, 0) is 23.0 Å². The number of anilines is 1. The third-order valence-corrected chi connectivity index (χ3v) is 3.24. The molecular weight excluding hydrogens is 268 g/mol. The molecule has 5 nitrogen and oxygen atoms in total. The van der Waals surface area contributed by atoms with Crippen LogP contribution in [0.15, 0.2) is 18.2 Å². The van der Waals surface area contributed by atoms with Crippen LogP contribution in [-0.4, -0.2) is 23.7 Å². The molecule has 0 saturated carbocycles. The summed E-state index contributed by atoms with van der Waals surface area (Å²) in [5.74, 6) is -0.350. The van der Waals surface area contributed by atoms with Crippen molar-refractivity contribution < 1.29 is 14.7 Å². The first-order valence-corrected chi connectivity index (χ1v) is 7.22. The predicted octanol–water partition coefficient (Wildman–Crippen LogP) is 3.53. The normalized spacial score (nSPS) is 10.8. The number of carboxylic acid groups (broad SMARTS) is 1. The van der Waals surface area contributed by atoms with Crippen molar-refractivity contribution in [3.8, 4) is 0 Å². The smallest absolute Gasteiger partial charge is 0.319 e. The van der Waals surface area contributed by atoms with Gasteiger partial charge in [0.25, 0.3) is 0 Å². The molecule has 0 bridgehead atoms. The van der Waals surface area contributed by atoms with Crippen molar-refractivity contribution in [1.29, 1.82) is 0 Å². The molecule has 0 fully saturated rings. The second-order valence-electron chi connectivity index (χ2n) is 5.65. The lowest BCUT2D eigenvalue weighted by Gasteiger charge is -2.20. The van der Waals surface area contributed by atoms with Crippen molar-refractivity contribution in [3.63, 3.8) is 0 Å². The molecule has 0 heterocycles. The highest BCUT2D eigenvalue weighted by Gasteiger charge is 2.15. The molecule has 0 spiro atoms. The Kier molecular flexibility index (Phi) is 6.21. The fourth-order valence-electron chi connectivity index (χ4n) is 2.14. The van der Waals surface area contributed by atoms with E-state index in [1.54, 1.807) is 0 Å². The Morgan fingerprint density at radius 2 is 1.62 bits per heavy atom. The number of carboxylic acids is 1. The topological polar surface area (TPSA) is 78.4 Å². The van der Waals surface area contributed by atoms with Crippen LogP contribution in [0.4, 0.5) is 10.5 Å². The molecule has 21 heavy (non-hydrogen) atoms. The van der Waals surface area contributed by atoms with Crippen LogP contribution in [0, 0.1) is 0 Å². The number of rotatable bonds is 6. The highest BCUT2D eigenvalue weighted by atomic mass is 16.4. The maximum Gasteiger partial charge on any atom is 0.319 e. The summed E-state index contributed by atoms with van der Waals surface area (Å²) in [4.78, 5) is 22.4. The van der Waals surface area contributed by atoms with Gasteiger partial charge in [-0.25, -0.2) is 4.79 Å². The van der Waals surface area contributed by atoms with Gasteiger partial charge in [0.1, 0.15) is 0 Å².